The van der Waals surface area contributed by atoms with Crippen LogP contribution in [0.3, 0.4) is 0 Å². The van der Waals surface area contributed by atoms with Gasteiger partial charge in [-0.1, -0.05) is 0 Å². The second kappa shape index (κ2) is 5.23. The highest BCUT2D eigenvalue weighted by Crippen LogP contribution is 2.19. The van der Waals surface area contributed by atoms with E-state index in [4.69, 9.17) is 10.5 Å². The lowest BCUT2D eigenvalue weighted by Gasteiger charge is -2.01. The van der Waals surface area contributed by atoms with E-state index in [1.807, 2.05) is 12.1 Å². The lowest BCUT2D eigenvalue weighted by atomic mass is 10.2. The van der Waals surface area contributed by atoms with Gasteiger partial charge >= 0.3 is 0 Å². The van der Waals surface area contributed by atoms with Crippen molar-refractivity contribution in [2.45, 2.75) is 0 Å². The fourth-order valence-corrected chi connectivity index (χ4v) is 2.63. The summed E-state index contributed by atoms with van der Waals surface area (Å²) in [6.07, 6.45) is 0. The molecule has 0 aliphatic heterocycles. The lowest BCUT2D eigenvalue weighted by Crippen LogP contribution is -2.06. The summed E-state index contributed by atoms with van der Waals surface area (Å²) in [6, 6.07) is 17.4. The minimum atomic E-state index is -1.67. The zero-order valence-corrected chi connectivity index (χ0v) is 10.3. The summed E-state index contributed by atoms with van der Waals surface area (Å²) >= 11 is 0. The van der Waals surface area contributed by atoms with Crippen molar-refractivity contribution in [1.29, 1.82) is 10.5 Å². The summed E-state index contributed by atoms with van der Waals surface area (Å²) in [4.78, 5) is 0. The number of hydrogen-bond acceptors (Lipinski definition) is 3. The van der Waals surface area contributed by atoms with E-state index >= 15 is 0 Å². The van der Waals surface area contributed by atoms with Crippen molar-refractivity contribution >= 4 is 18.4 Å². The van der Waals surface area contributed by atoms with Gasteiger partial charge in [0.1, 0.15) is 7.80 Å². The van der Waals surface area contributed by atoms with Gasteiger partial charge in [0.05, 0.1) is 23.3 Å². The van der Waals surface area contributed by atoms with E-state index in [0.717, 1.165) is 0 Å². The average molecular weight is 251 g/mol. The highest BCUT2D eigenvalue weighted by atomic mass is 31.1. The Hall–Kier alpha value is -2.48. The van der Waals surface area contributed by atoms with Gasteiger partial charge < -0.3 is 0 Å². The first-order valence-electron chi connectivity index (χ1n) is 5.22. The molecule has 0 unspecified atom stereocenters. The zero-order valence-electron chi connectivity index (χ0n) is 9.37. The van der Waals surface area contributed by atoms with Crippen LogP contribution in [-0.4, -0.2) is 0 Å². The van der Waals surface area contributed by atoms with Crippen LogP contribution in [0.25, 0.3) is 0 Å². The molecule has 2 rings (SSSR count). The number of hydrogen-bond donors (Lipinski definition) is 0. The zero-order chi connectivity index (χ0) is 13.0. The third kappa shape index (κ3) is 2.43. The molecular weight excluding hydrogens is 243 g/mol. The summed E-state index contributed by atoms with van der Waals surface area (Å²) in [7, 11) is -1.67. The van der Waals surface area contributed by atoms with E-state index < -0.39 is 7.80 Å². The van der Waals surface area contributed by atoms with Crippen molar-refractivity contribution in [1.82, 2.24) is 0 Å². The Morgan fingerprint density at radius 2 is 1.06 bits per heavy atom. The summed E-state index contributed by atoms with van der Waals surface area (Å²) in [5.41, 5.74) is 1.09. The maximum Gasteiger partial charge on any atom is 0.136 e. The Kier molecular flexibility index (Phi) is 3.49. The average Bonchev–Trinajstić information content (AvgIpc) is 2.47. The topological polar surface area (TPSA) is 64.7 Å². The molecule has 2 aromatic carbocycles. The minimum absolute atomic E-state index is 0.543. The molecule has 0 saturated carbocycles. The molecule has 0 heterocycles. The van der Waals surface area contributed by atoms with Gasteiger partial charge in [-0.25, -0.2) is 0 Å². The van der Waals surface area contributed by atoms with Crippen LogP contribution >= 0.6 is 7.80 Å². The normalized spacial score (nSPS) is 9.22. The number of nitrogens with zero attached hydrogens (tertiary/aromatic N) is 2. The van der Waals surface area contributed by atoms with Gasteiger partial charge in [0.15, 0.2) is 0 Å². The van der Waals surface area contributed by atoms with Gasteiger partial charge in [-0.15, -0.1) is 0 Å². The molecule has 18 heavy (non-hydrogen) atoms. The van der Waals surface area contributed by atoms with E-state index in [1.165, 1.54) is 0 Å². The molecule has 0 N–H and O–H groups in total. The molecule has 1 radical (unpaired) electrons. The van der Waals surface area contributed by atoms with Crippen LogP contribution in [0, 0.1) is 22.7 Å². The fourth-order valence-electron chi connectivity index (χ4n) is 1.49. The Bertz CT molecular complexity index is 601. The third-order valence-electron chi connectivity index (χ3n) is 2.46. The van der Waals surface area contributed by atoms with E-state index in [9.17, 15) is 4.57 Å². The molecular formula is C14H8N2OP. The summed E-state index contributed by atoms with van der Waals surface area (Å²) < 4.78 is 12.2. The second-order valence-electron chi connectivity index (χ2n) is 3.61. The molecule has 85 valence electrons. The van der Waals surface area contributed by atoms with E-state index in [2.05, 4.69) is 0 Å². The van der Waals surface area contributed by atoms with Crippen molar-refractivity contribution < 1.29 is 4.57 Å². The monoisotopic (exact) mass is 251 g/mol. The van der Waals surface area contributed by atoms with Crippen LogP contribution in [0.5, 0.6) is 0 Å². The van der Waals surface area contributed by atoms with Crippen LogP contribution in [0.1, 0.15) is 11.1 Å². The predicted octanol–water partition coefficient (Wildman–Crippen LogP) is 2.21. The Balaban J connectivity index is 2.30. The smallest absolute Gasteiger partial charge is 0.136 e. The molecule has 0 aromatic heterocycles. The third-order valence-corrected chi connectivity index (χ3v) is 4.00. The van der Waals surface area contributed by atoms with Crippen LogP contribution in [0.2, 0.25) is 0 Å². The van der Waals surface area contributed by atoms with Gasteiger partial charge in [0, 0.05) is 10.6 Å². The molecule has 0 atom stereocenters. The van der Waals surface area contributed by atoms with Gasteiger partial charge in [-0.05, 0) is 48.5 Å². The van der Waals surface area contributed by atoms with Gasteiger partial charge in [-0.2, -0.15) is 10.5 Å². The van der Waals surface area contributed by atoms with Crippen LogP contribution in [-0.2, 0) is 4.57 Å². The van der Waals surface area contributed by atoms with Crippen molar-refractivity contribution in [3.8, 4) is 12.1 Å². The molecule has 3 nitrogen and oxygen atoms in total. The summed E-state index contributed by atoms with van der Waals surface area (Å²) in [5.74, 6) is 0. The van der Waals surface area contributed by atoms with E-state index in [0.29, 0.717) is 21.7 Å². The van der Waals surface area contributed by atoms with E-state index in [1.54, 1.807) is 48.5 Å². The molecule has 0 amide bonds. The highest BCUT2D eigenvalue weighted by molar-refractivity contribution is 7.61. The van der Waals surface area contributed by atoms with Crippen molar-refractivity contribution in [2.24, 2.45) is 0 Å². The largest absolute Gasteiger partial charge is 0.277 e. The molecule has 0 spiro atoms. The molecule has 0 aliphatic carbocycles. The Morgan fingerprint density at radius 3 is 1.33 bits per heavy atom. The fraction of sp³-hybridized carbons (Fsp3) is 0. The van der Waals surface area contributed by atoms with E-state index in [-0.39, 0.29) is 0 Å². The lowest BCUT2D eigenvalue weighted by molar-refractivity contribution is 0.598. The van der Waals surface area contributed by atoms with Crippen molar-refractivity contribution in [2.75, 3.05) is 0 Å². The van der Waals surface area contributed by atoms with Crippen LogP contribution < -0.4 is 10.6 Å². The first kappa shape index (κ1) is 12.0. The van der Waals surface area contributed by atoms with Gasteiger partial charge in [0.25, 0.3) is 0 Å². The quantitative estimate of drug-likeness (QED) is 0.768. The van der Waals surface area contributed by atoms with Gasteiger partial charge in [0.2, 0.25) is 0 Å². The minimum Gasteiger partial charge on any atom is -0.277 e. The van der Waals surface area contributed by atoms with Crippen molar-refractivity contribution in [3.05, 3.63) is 59.7 Å². The van der Waals surface area contributed by atoms with Crippen LogP contribution in [0.4, 0.5) is 0 Å². The first-order valence-corrected chi connectivity index (χ1v) is 6.48. The maximum atomic E-state index is 12.2. The molecule has 0 bridgehead atoms. The predicted molar refractivity (Wildman–Crippen MR) is 69.2 cm³/mol. The molecule has 0 saturated heterocycles. The van der Waals surface area contributed by atoms with Crippen molar-refractivity contribution in [3.63, 3.8) is 0 Å². The molecule has 2 aromatic rings. The SMILES string of the molecule is N#Cc1ccc([P](=O)c2ccc(C#N)cc2)cc1. The molecule has 0 aliphatic rings. The maximum absolute atomic E-state index is 12.2. The first-order chi connectivity index (χ1) is 8.74. The van der Waals surface area contributed by atoms with Gasteiger partial charge in [-0.3, -0.25) is 4.57 Å². The number of rotatable bonds is 2. The molecule has 4 heteroatoms. The number of nitriles is 2. The number of benzene rings is 2. The standard InChI is InChI=1S/C14H8N2OP/c15-9-11-1-5-13(6-2-11)18(17)14-7-3-12(10-16)4-8-14/h1-8H. The summed E-state index contributed by atoms with van der Waals surface area (Å²) in [5, 5.41) is 18.7. The van der Waals surface area contributed by atoms with Crippen LogP contribution in [0.15, 0.2) is 48.5 Å². The molecule has 0 fully saturated rings. The second-order valence-corrected chi connectivity index (χ2v) is 5.23. The Labute approximate surface area is 106 Å². The Morgan fingerprint density at radius 1 is 0.722 bits per heavy atom. The summed E-state index contributed by atoms with van der Waals surface area (Å²) in [6.45, 7) is 0. The highest BCUT2D eigenvalue weighted by Gasteiger charge is 2.07.